The zero-order valence-corrected chi connectivity index (χ0v) is 13.4. The molecular formula is C16H25N3O3. The standard InChI is InChI=1S/C16H25N3O3/c1-11-13(12(2)22-17-11)10-16(21)19-8-6-18(7-9-19)14-4-3-5-15(14)20/h14-15,20H,3-10H2,1-2H3/t14-,15-/m0/s1. The molecule has 122 valence electrons. The highest BCUT2D eigenvalue weighted by atomic mass is 16.5. The molecule has 0 spiro atoms. The third kappa shape index (κ3) is 3.03. The van der Waals surface area contributed by atoms with Gasteiger partial charge in [-0.1, -0.05) is 5.16 Å². The second-order valence-electron chi connectivity index (χ2n) is 6.46. The van der Waals surface area contributed by atoms with Crippen molar-refractivity contribution in [2.24, 2.45) is 0 Å². The van der Waals surface area contributed by atoms with Gasteiger partial charge in [0.05, 0.1) is 18.2 Å². The molecule has 1 aromatic rings. The van der Waals surface area contributed by atoms with Crippen LogP contribution in [0.15, 0.2) is 4.52 Å². The molecule has 2 aliphatic rings. The van der Waals surface area contributed by atoms with Crippen LogP contribution < -0.4 is 0 Å². The van der Waals surface area contributed by atoms with Gasteiger partial charge in [-0.15, -0.1) is 0 Å². The van der Waals surface area contributed by atoms with Gasteiger partial charge < -0.3 is 14.5 Å². The Balaban J connectivity index is 1.54. The number of hydrogen-bond acceptors (Lipinski definition) is 5. The summed E-state index contributed by atoms with van der Waals surface area (Å²) in [4.78, 5) is 16.7. The van der Waals surface area contributed by atoms with Crippen molar-refractivity contribution in [2.75, 3.05) is 26.2 Å². The number of carbonyl (C=O) groups excluding carboxylic acids is 1. The summed E-state index contributed by atoms with van der Waals surface area (Å²) in [6, 6.07) is 0.291. The van der Waals surface area contributed by atoms with Crippen LogP contribution in [0.25, 0.3) is 0 Å². The van der Waals surface area contributed by atoms with Crippen LogP contribution in [0, 0.1) is 13.8 Å². The first-order valence-corrected chi connectivity index (χ1v) is 8.18. The minimum atomic E-state index is -0.190. The molecule has 3 rings (SSSR count). The van der Waals surface area contributed by atoms with E-state index in [-0.39, 0.29) is 12.0 Å². The molecule has 0 unspecified atom stereocenters. The lowest BCUT2D eigenvalue weighted by atomic mass is 10.1. The molecule has 0 aromatic carbocycles. The van der Waals surface area contributed by atoms with Gasteiger partial charge >= 0.3 is 0 Å². The van der Waals surface area contributed by atoms with E-state index in [9.17, 15) is 9.90 Å². The van der Waals surface area contributed by atoms with Gasteiger partial charge in [0.2, 0.25) is 5.91 Å². The van der Waals surface area contributed by atoms with Gasteiger partial charge in [0, 0.05) is 37.8 Å². The first kappa shape index (κ1) is 15.5. The highest BCUT2D eigenvalue weighted by Gasteiger charge is 2.33. The Morgan fingerprint density at radius 1 is 1.27 bits per heavy atom. The summed E-state index contributed by atoms with van der Waals surface area (Å²) < 4.78 is 5.12. The zero-order valence-electron chi connectivity index (χ0n) is 13.4. The monoisotopic (exact) mass is 307 g/mol. The summed E-state index contributed by atoms with van der Waals surface area (Å²) >= 11 is 0. The summed E-state index contributed by atoms with van der Waals surface area (Å²) in [6.07, 6.45) is 3.28. The highest BCUT2D eigenvalue weighted by Crippen LogP contribution is 2.25. The van der Waals surface area contributed by atoms with E-state index >= 15 is 0 Å². The van der Waals surface area contributed by atoms with Crippen LogP contribution in [0.3, 0.4) is 0 Å². The molecule has 1 aliphatic heterocycles. The minimum absolute atomic E-state index is 0.140. The number of amides is 1. The average Bonchev–Trinajstić information content (AvgIpc) is 3.08. The van der Waals surface area contributed by atoms with E-state index in [2.05, 4.69) is 10.1 Å². The van der Waals surface area contributed by atoms with Crippen molar-refractivity contribution < 1.29 is 14.4 Å². The lowest BCUT2D eigenvalue weighted by molar-refractivity contribution is -0.132. The second-order valence-corrected chi connectivity index (χ2v) is 6.46. The third-order valence-electron chi connectivity index (χ3n) is 5.09. The summed E-state index contributed by atoms with van der Waals surface area (Å²) in [5, 5.41) is 13.9. The zero-order chi connectivity index (χ0) is 15.7. The topological polar surface area (TPSA) is 69.8 Å². The molecule has 1 saturated carbocycles. The number of nitrogens with zero attached hydrogens (tertiary/aromatic N) is 3. The fraction of sp³-hybridized carbons (Fsp3) is 0.750. The van der Waals surface area contributed by atoms with Crippen molar-refractivity contribution in [1.82, 2.24) is 15.0 Å². The molecule has 22 heavy (non-hydrogen) atoms. The predicted octanol–water partition coefficient (Wildman–Crippen LogP) is 0.892. The van der Waals surface area contributed by atoms with Crippen LogP contribution in [-0.4, -0.2) is 64.3 Å². The molecule has 6 heteroatoms. The average molecular weight is 307 g/mol. The number of rotatable bonds is 3. The first-order chi connectivity index (χ1) is 10.6. The van der Waals surface area contributed by atoms with Gasteiger partial charge in [0.15, 0.2) is 0 Å². The van der Waals surface area contributed by atoms with Crippen molar-refractivity contribution in [3.05, 3.63) is 17.0 Å². The largest absolute Gasteiger partial charge is 0.391 e. The van der Waals surface area contributed by atoms with Crippen LogP contribution in [0.1, 0.15) is 36.3 Å². The fourth-order valence-corrected chi connectivity index (χ4v) is 3.67. The Labute approximate surface area is 131 Å². The molecule has 1 aromatic heterocycles. The smallest absolute Gasteiger partial charge is 0.227 e. The van der Waals surface area contributed by atoms with Gasteiger partial charge in [-0.2, -0.15) is 0 Å². The van der Waals surface area contributed by atoms with Gasteiger partial charge in [0.1, 0.15) is 5.76 Å². The summed E-state index contributed by atoms with van der Waals surface area (Å²) in [5.41, 5.74) is 1.72. The van der Waals surface area contributed by atoms with Crippen LogP contribution in [0.2, 0.25) is 0 Å². The van der Waals surface area contributed by atoms with E-state index in [0.29, 0.717) is 12.5 Å². The quantitative estimate of drug-likeness (QED) is 0.898. The SMILES string of the molecule is Cc1noc(C)c1CC(=O)N1CCN([C@H]2CCC[C@@H]2O)CC1. The maximum absolute atomic E-state index is 12.5. The van der Waals surface area contributed by atoms with Crippen molar-refractivity contribution in [2.45, 2.75) is 51.7 Å². The number of hydrogen-bond donors (Lipinski definition) is 1. The van der Waals surface area contributed by atoms with Crippen LogP contribution >= 0.6 is 0 Å². The molecule has 1 saturated heterocycles. The first-order valence-electron chi connectivity index (χ1n) is 8.18. The fourth-order valence-electron chi connectivity index (χ4n) is 3.67. The lowest BCUT2D eigenvalue weighted by Crippen LogP contribution is -2.53. The Morgan fingerprint density at radius 2 is 2.00 bits per heavy atom. The van der Waals surface area contributed by atoms with Crippen molar-refractivity contribution >= 4 is 5.91 Å². The van der Waals surface area contributed by atoms with E-state index in [0.717, 1.165) is 62.5 Å². The van der Waals surface area contributed by atoms with Gasteiger partial charge in [-0.3, -0.25) is 9.69 Å². The Hall–Kier alpha value is -1.40. The molecule has 0 bridgehead atoms. The van der Waals surface area contributed by atoms with Crippen LogP contribution in [-0.2, 0) is 11.2 Å². The van der Waals surface area contributed by atoms with Crippen molar-refractivity contribution in [1.29, 1.82) is 0 Å². The molecule has 6 nitrogen and oxygen atoms in total. The maximum atomic E-state index is 12.5. The maximum Gasteiger partial charge on any atom is 0.227 e. The summed E-state index contributed by atoms with van der Waals surface area (Å²) in [7, 11) is 0. The molecular weight excluding hydrogens is 282 g/mol. The van der Waals surface area contributed by atoms with Crippen molar-refractivity contribution in [3.63, 3.8) is 0 Å². The number of aliphatic hydroxyl groups excluding tert-OH is 1. The minimum Gasteiger partial charge on any atom is -0.391 e. The molecule has 2 heterocycles. The highest BCUT2D eigenvalue weighted by molar-refractivity contribution is 5.79. The van der Waals surface area contributed by atoms with Crippen molar-refractivity contribution in [3.8, 4) is 0 Å². The van der Waals surface area contributed by atoms with E-state index in [1.165, 1.54) is 0 Å². The Morgan fingerprint density at radius 3 is 2.55 bits per heavy atom. The molecule has 1 aliphatic carbocycles. The second kappa shape index (κ2) is 6.38. The van der Waals surface area contributed by atoms with Gasteiger partial charge in [-0.25, -0.2) is 0 Å². The van der Waals surface area contributed by atoms with Crippen LogP contribution in [0.5, 0.6) is 0 Å². The lowest BCUT2D eigenvalue weighted by Gasteiger charge is -2.39. The molecule has 2 atom stereocenters. The predicted molar refractivity (Wildman–Crippen MR) is 81.5 cm³/mol. The normalized spacial score (nSPS) is 26.6. The molecule has 2 fully saturated rings. The van der Waals surface area contributed by atoms with E-state index in [1.54, 1.807) is 0 Å². The van der Waals surface area contributed by atoms with E-state index < -0.39 is 0 Å². The molecule has 0 radical (unpaired) electrons. The van der Waals surface area contributed by atoms with E-state index in [4.69, 9.17) is 4.52 Å². The molecule has 1 N–H and O–H groups in total. The van der Waals surface area contributed by atoms with Gasteiger partial charge in [0.25, 0.3) is 0 Å². The summed E-state index contributed by atoms with van der Waals surface area (Å²) in [6.45, 7) is 6.92. The number of carbonyl (C=O) groups is 1. The summed E-state index contributed by atoms with van der Waals surface area (Å²) in [5.74, 6) is 0.875. The Kier molecular flexibility index (Phi) is 4.49. The Bertz CT molecular complexity index is 515. The number of aryl methyl sites for hydroxylation is 2. The molecule has 1 amide bonds. The number of aliphatic hydroxyl groups is 1. The third-order valence-corrected chi connectivity index (χ3v) is 5.09. The van der Waals surface area contributed by atoms with E-state index in [1.807, 2.05) is 18.7 Å². The number of aromatic nitrogens is 1. The van der Waals surface area contributed by atoms with Crippen LogP contribution in [0.4, 0.5) is 0 Å². The van der Waals surface area contributed by atoms with Gasteiger partial charge in [-0.05, 0) is 33.1 Å². The number of piperazine rings is 1.